The fraction of sp³-hybridized carbons (Fsp3) is 0.417. The van der Waals surface area contributed by atoms with E-state index in [4.69, 9.17) is 4.74 Å². The zero-order valence-corrected chi connectivity index (χ0v) is 11.1. The van der Waals surface area contributed by atoms with E-state index in [1.165, 1.54) is 4.31 Å². The highest BCUT2D eigenvalue weighted by Crippen LogP contribution is 2.32. The van der Waals surface area contributed by atoms with Crippen molar-refractivity contribution in [1.82, 2.24) is 4.98 Å². The number of allylic oxidation sites excluding steroid dienone is 1. The molecule has 0 aliphatic carbocycles. The molecule has 0 amide bonds. The molecule has 1 aliphatic heterocycles. The quantitative estimate of drug-likeness (QED) is 0.776. The predicted octanol–water partition coefficient (Wildman–Crippen LogP) is 1.49. The summed E-state index contributed by atoms with van der Waals surface area (Å²) in [5, 5.41) is 0. The van der Waals surface area contributed by atoms with Crippen LogP contribution >= 0.6 is 0 Å². The average molecular weight is 268 g/mol. The zero-order chi connectivity index (χ0) is 13.2. The van der Waals surface area contributed by atoms with Crippen LogP contribution in [-0.4, -0.2) is 32.3 Å². The number of ether oxygens (including phenoxy) is 1. The molecule has 6 heteroatoms. The van der Waals surface area contributed by atoms with Crippen LogP contribution in [0.4, 0.5) is 5.69 Å². The molecule has 0 saturated heterocycles. The fourth-order valence-electron chi connectivity index (χ4n) is 1.81. The number of hydrogen-bond donors (Lipinski definition) is 0. The number of rotatable bonds is 4. The molecule has 1 aromatic heterocycles. The van der Waals surface area contributed by atoms with Crippen molar-refractivity contribution in [2.24, 2.45) is 0 Å². The minimum absolute atomic E-state index is 0.0594. The Morgan fingerprint density at radius 2 is 2.39 bits per heavy atom. The highest BCUT2D eigenvalue weighted by Gasteiger charge is 2.28. The Morgan fingerprint density at radius 1 is 1.61 bits per heavy atom. The van der Waals surface area contributed by atoms with Gasteiger partial charge in [-0.15, -0.1) is 6.58 Å². The van der Waals surface area contributed by atoms with E-state index in [2.05, 4.69) is 11.6 Å². The Labute approximate surface area is 107 Å². The molecular formula is C12H16N2O3S. The highest BCUT2D eigenvalue weighted by atomic mass is 32.2. The second kappa shape index (κ2) is 4.97. The summed E-state index contributed by atoms with van der Waals surface area (Å²) in [5.74, 6) is 0.443. The van der Waals surface area contributed by atoms with Gasteiger partial charge >= 0.3 is 0 Å². The van der Waals surface area contributed by atoms with E-state index < -0.39 is 10.0 Å². The first kappa shape index (κ1) is 12.9. The van der Waals surface area contributed by atoms with Crippen molar-refractivity contribution in [3.05, 3.63) is 30.5 Å². The number of pyridine rings is 1. The maximum Gasteiger partial charge on any atom is 0.238 e. The summed E-state index contributed by atoms with van der Waals surface area (Å²) in [6.45, 7) is 6.08. The zero-order valence-electron chi connectivity index (χ0n) is 10.3. The monoisotopic (exact) mass is 268 g/mol. The molecule has 98 valence electrons. The lowest BCUT2D eigenvalue weighted by molar-refractivity contribution is 0.303. The molecule has 1 aliphatic rings. The van der Waals surface area contributed by atoms with Gasteiger partial charge in [0.1, 0.15) is 12.3 Å². The Bertz CT molecular complexity index is 554. The number of nitrogens with zero attached hydrogens (tertiary/aromatic N) is 2. The van der Waals surface area contributed by atoms with Crippen molar-refractivity contribution in [3.63, 3.8) is 0 Å². The van der Waals surface area contributed by atoms with E-state index in [0.717, 1.165) is 5.56 Å². The summed E-state index contributed by atoms with van der Waals surface area (Å²) in [5.41, 5.74) is 1.44. The number of aryl methyl sites for hydroxylation is 1. The summed E-state index contributed by atoms with van der Waals surface area (Å²) < 4.78 is 31.2. The SMILES string of the molecule is C=CCCS(=O)(=O)N1CCOc2ncc(C)cc21. The van der Waals surface area contributed by atoms with Crippen LogP contribution < -0.4 is 9.04 Å². The van der Waals surface area contributed by atoms with E-state index in [-0.39, 0.29) is 5.75 Å². The lowest BCUT2D eigenvalue weighted by atomic mass is 10.3. The molecule has 0 atom stereocenters. The Balaban J connectivity index is 2.37. The van der Waals surface area contributed by atoms with E-state index in [0.29, 0.717) is 31.1 Å². The van der Waals surface area contributed by atoms with Crippen LogP contribution in [0.3, 0.4) is 0 Å². The predicted molar refractivity (Wildman–Crippen MR) is 70.4 cm³/mol. The molecule has 0 N–H and O–H groups in total. The molecule has 2 rings (SSSR count). The van der Waals surface area contributed by atoms with Crippen molar-refractivity contribution >= 4 is 15.7 Å². The van der Waals surface area contributed by atoms with Crippen molar-refractivity contribution in [3.8, 4) is 5.88 Å². The maximum absolute atomic E-state index is 12.2. The van der Waals surface area contributed by atoms with Crippen molar-refractivity contribution in [2.75, 3.05) is 23.2 Å². The molecule has 2 heterocycles. The molecule has 0 unspecified atom stereocenters. The number of hydrogen-bond acceptors (Lipinski definition) is 4. The minimum atomic E-state index is -3.33. The summed E-state index contributed by atoms with van der Waals surface area (Å²) in [7, 11) is -3.33. The van der Waals surface area contributed by atoms with Crippen LogP contribution in [0.25, 0.3) is 0 Å². The average Bonchev–Trinajstić information content (AvgIpc) is 2.35. The molecule has 0 radical (unpaired) electrons. The van der Waals surface area contributed by atoms with Gasteiger partial charge in [0, 0.05) is 6.20 Å². The lowest BCUT2D eigenvalue weighted by Crippen LogP contribution is -2.39. The number of fused-ring (bicyclic) bond motifs is 1. The first-order chi connectivity index (χ1) is 8.54. The van der Waals surface area contributed by atoms with Crippen molar-refractivity contribution in [2.45, 2.75) is 13.3 Å². The Kier molecular flexibility index (Phi) is 3.56. The number of anilines is 1. The van der Waals surface area contributed by atoms with Gasteiger partial charge in [0.25, 0.3) is 0 Å². The molecular weight excluding hydrogens is 252 g/mol. The third-order valence-corrected chi connectivity index (χ3v) is 4.49. The summed E-state index contributed by atoms with van der Waals surface area (Å²) >= 11 is 0. The second-order valence-electron chi connectivity index (χ2n) is 4.15. The Morgan fingerprint density at radius 3 is 3.11 bits per heavy atom. The van der Waals surface area contributed by atoms with Gasteiger partial charge in [-0.25, -0.2) is 13.4 Å². The molecule has 0 aromatic carbocycles. The van der Waals surface area contributed by atoms with Crippen LogP contribution in [0.2, 0.25) is 0 Å². The summed E-state index contributed by atoms with van der Waals surface area (Å²) in [4.78, 5) is 4.11. The van der Waals surface area contributed by atoms with Gasteiger partial charge in [-0.2, -0.15) is 0 Å². The third-order valence-electron chi connectivity index (χ3n) is 2.69. The largest absolute Gasteiger partial charge is 0.474 e. The fourth-order valence-corrected chi connectivity index (χ4v) is 3.28. The molecule has 0 fully saturated rings. The molecule has 0 bridgehead atoms. The molecule has 0 saturated carbocycles. The first-order valence-corrected chi connectivity index (χ1v) is 7.36. The van der Waals surface area contributed by atoms with E-state index in [9.17, 15) is 8.42 Å². The van der Waals surface area contributed by atoms with Gasteiger partial charge in [0.15, 0.2) is 0 Å². The lowest BCUT2D eigenvalue weighted by Gasteiger charge is -2.29. The van der Waals surface area contributed by atoms with Gasteiger partial charge in [-0.3, -0.25) is 4.31 Å². The normalized spacial score (nSPS) is 14.8. The topological polar surface area (TPSA) is 59.5 Å². The third kappa shape index (κ3) is 2.48. The number of sulfonamides is 1. The summed E-state index contributed by atoms with van der Waals surface area (Å²) in [6, 6.07) is 1.78. The molecule has 0 spiro atoms. The van der Waals surface area contributed by atoms with Gasteiger partial charge in [-0.1, -0.05) is 6.08 Å². The van der Waals surface area contributed by atoms with Gasteiger partial charge in [-0.05, 0) is 25.0 Å². The van der Waals surface area contributed by atoms with Crippen LogP contribution in [0.1, 0.15) is 12.0 Å². The van der Waals surface area contributed by atoms with Crippen LogP contribution in [-0.2, 0) is 10.0 Å². The van der Waals surface area contributed by atoms with Crippen LogP contribution in [0.5, 0.6) is 5.88 Å². The van der Waals surface area contributed by atoms with Gasteiger partial charge < -0.3 is 4.74 Å². The van der Waals surface area contributed by atoms with E-state index in [1.807, 2.05) is 6.92 Å². The van der Waals surface area contributed by atoms with Crippen molar-refractivity contribution in [1.29, 1.82) is 0 Å². The van der Waals surface area contributed by atoms with Crippen LogP contribution in [0, 0.1) is 6.92 Å². The van der Waals surface area contributed by atoms with E-state index >= 15 is 0 Å². The summed E-state index contributed by atoms with van der Waals surface area (Å²) in [6.07, 6.45) is 3.71. The second-order valence-corrected chi connectivity index (χ2v) is 6.16. The Hall–Kier alpha value is -1.56. The smallest absolute Gasteiger partial charge is 0.238 e. The van der Waals surface area contributed by atoms with Gasteiger partial charge in [0.05, 0.1) is 12.3 Å². The van der Waals surface area contributed by atoms with Gasteiger partial charge in [0.2, 0.25) is 15.9 Å². The standard InChI is InChI=1S/C12H16N2O3S/c1-3-4-7-18(15,16)14-5-6-17-12-11(14)8-10(2)9-13-12/h3,8-9H,1,4-7H2,2H3. The van der Waals surface area contributed by atoms with E-state index in [1.54, 1.807) is 18.3 Å². The molecule has 1 aromatic rings. The maximum atomic E-state index is 12.2. The number of aromatic nitrogens is 1. The first-order valence-electron chi connectivity index (χ1n) is 5.75. The molecule has 5 nitrogen and oxygen atoms in total. The highest BCUT2D eigenvalue weighted by molar-refractivity contribution is 7.92. The molecule has 18 heavy (non-hydrogen) atoms. The minimum Gasteiger partial charge on any atom is -0.474 e. The van der Waals surface area contributed by atoms with Crippen molar-refractivity contribution < 1.29 is 13.2 Å². The van der Waals surface area contributed by atoms with Crippen LogP contribution in [0.15, 0.2) is 24.9 Å².